The highest BCUT2D eigenvalue weighted by atomic mass is 16.7. The van der Waals surface area contributed by atoms with Crippen molar-refractivity contribution in [3.63, 3.8) is 0 Å². The minimum Gasteiger partial charge on any atom is -0.497 e. The SMILES string of the molecule is COc1ccc(N=Nc2ccc(OC(CCCCCCCCC=[N+]=[N-])OC(C)=O)cc2)cc1. The first-order chi connectivity index (χ1) is 16.1. The first-order valence-corrected chi connectivity index (χ1v) is 11.3. The summed E-state index contributed by atoms with van der Waals surface area (Å²) in [6.07, 6.45) is 8.67. The molecule has 0 saturated heterocycles. The third-order valence-electron chi connectivity index (χ3n) is 4.86. The summed E-state index contributed by atoms with van der Waals surface area (Å²) in [7, 11) is 1.62. The standard InChI is InChI=1S/C25H32N4O4/c1-20(30)32-25(10-8-6-4-3-5-7-9-19-27-26)33-24-17-13-22(14-18-24)29-28-21-11-15-23(31-2)16-12-21/h11-19,25H,3-10H2,1-2H3. The number of hydrogen-bond donors (Lipinski definition) is 0. The zero-order valence-electron chi connectivity index (χ0n) is 19.4. The van der Waals surface area contributed by atoms with Crippen molar-refractivity contribution in [2.75, 3.05) is 7.11 Å². The van der Waals surface area contributed by atoms with Gasteiger partial charge in [0.1, 0.15) is 11.5 Å². The molecule has 8 heteroatoms. The van der Waals surface area contributed by atoms with Crippen LogP contribution in [0, 0.1) is 0 Å². The van der Waals surface area contributed by atoms with Crippen LogP contribution in [0.15, 0.2) is 58.8 Å². The third-order valence-corrected chi connectivity index (χ3v) is 4.86. The Hall–Kier alpha value is -3.51. The normalized spacial score (nSPS) is 11.6. The minimum absolute atomic E-state index is 0.365. The van der Waals surface area contributed by atoms with Crippen LogP contribution in [-0.2, 0) is 9.53 Å². The number of azo groups is 1. The van der Waals surface area contributed by atoms with E-state index in [1.807, 2.05) is 24.3 Å². The lowest BCUT2D eigenvalue weighted by atomic mass is 10.1. The van der Waals surface area contributed by atoms with Crippen molar-refractivity contribution in [1.29, 1.82) is 0 Å². The Kier molecular flexibility index (Phi) is 12.0. The Morgan fingerprint density at radius 1 is 0.909 bits per heavy atom. The van der Waals surface area contributed by atoms with E-state index in [0.717, 1.165) is 56.4 Å². The maximum atomic E-state index is 11.5. The average molecular weight is 453 g/mol. The smallest absolute Gasteiger partial charge is 0.305 e. The molecule has 176 valence electrons. The van der Waals surface area contributed by atoms with Crippen molar-refractivity contribution >= 4 is 23.6 Å². The number of methoxy groups -OCH3 is 1. The van der Waals surface area contributed by atoms with E-state index in [1.165, 1.54) is 13.1 Å². The van der Waals surface area contributed by atoms with Crippen molar-refractivity contribution in [2.24, 2.45) is 10.2 Å². The zero-order valence-corrected chi connectivity index (χ0v) is 19.4. The second kappa shape index (κ2) is 15.3. The topological polar surface area (TPSA) is 106 Å². The Bertz CT molecular complexity index is 907. The van der Waals surface area contributed by atoms with E-state index in [-0.39, 0.29) is 5.97 Å². The van der Waals surface area contributed by atoms with Gasteiger partial charge in [-0.05, 0) is 61.4 Å². The van der Waals surface area contributed by atoms with Gasteiger partial charge in [0, 0.05) is 19.8 Å². The molecule has 2 rings (SSSR count). The lowest BCUT2D eigenvalue weighted by Crippen LogP contribution is -2.23. The van der Waals surface area contributed by atoms with Crippen molar-refractivity contribution in [3.8, 4) is 11.5 Å². The van der Waals surface area contributed by atoms with Crippen LogP contribution in [0.5, 0.6) is 11.5 Å². The highest BCUT2D eigenvalue weighted by Crippen LogP contribution is 2.24. The molecule has 33 heavy (non-hydrogen) atoms. The van der Waals surface area contributed by atoms with Crippen LogP contribution in [0.3, 0.4) is 0 Å². The van der Waals surface area contributed by atoms with E-state index in [2.05, 4.69) is 15.0 Å². The van der Waals surface area contributed by atoms with E-state index >= 15 is 0 Å². The molecule has 1 atom stereocenters. The molecule has 0 radical (unpaired) electrons. The Balaban J connectivity index is 1.78. The Morgan fingerprint density at radius 2 is 1.45 bits per heavy atom. The summed E-state index contributed by atoms with van der Waals surface area (Å²) in [5, 5.41) is 8.44. The minimum atomic E-state index is -0.616. The molecular weight excluding hydrogens is 420 g/mol. The molecule has 0 saturated carbocycles. The van der Waals surface area contributed by atoms with Gasteiger partial charge >= 0.3 is 5.97 Å². The highest BCUT2D eigenvalue weighted by Gasteiger charge is 2.13. The average Bonchev–Trinajstić information content (AvgIpc) is 2.82. The molecule has 0 aliphatic heterocycles. The molecule has 0 aliphatic rings. The van der Waals surface area contributed by atoms with E-state index in [4.69, 9.17) is 19.7 Å². The molecule has 0 N–H and O–H groups in total. The first kappa shape index (κ1) is 25.7. The molecule has 0 aromatic heterocycles. The van der Waals surface area contributed by atoms with Crippen molar-refractivity contribution in [1.82, 2.24) is 0 Å². The van der Waals surface area contributed by atoms with Gasteiger partial charge in [-0.2, -0.15) is 15.0 Å². The monoisotopic (exact) mass is 452 g/mol. The summed E-state index contributed by atoms with van der Waals surface area (Å²) in [6, 6.07) is 14.5. The van der Waals surface area contributed by atoms with Crippen LogP contribution in [0.4, 0.5) is 11.4 Å². The van der Waals surface area contributed by atoms with Gasteiger partial charge < -0.3 is 19.7 Å². The first-order valence-electron chi connectivity index (χ1n) is 11.3. The molecule has 2 aromatic rings. The summed E-state index contributed by atoms with van der Waals surface area (Å²) in [5.41, 5.74) is 9.78. The maximum absolute atomic E-state index is 11.5. The van der Waals surface area contributed by atoms with Gasteiger partial charge in [-0.1, -0.05) is 25.7 Å². The number of unbranched alkanes of at least 4 members (excludes halogenated alkanes) is 6. The van der Waals surface area contributed by atoms with Crippen molar-refractivity contribution in [3.05, 3.63) is 54.1 Å². The molecule has 1 unspecified atom stereocenters. The Labute approximate surface area is 195 Å². The van der Waals surface area contributed by atoms with Gasteiger partial charge in [-0.25, -0.2) is 0 Å². The van der Waals surface area contributed by atoms with E-state index in [1.54, 1.807) is 31.4 Å². The van der Waals surface area contributed by atoms with E-state index in [9.17, 15) is 4.79 Å². The maximum Gasteiger partial charge on any atom is 0.305 e. The third kappa shape index (κ3) is 11.1. The fraction of sp³-hybridized carbons (Fsp3) is 0.440. The van der Waals surface area contributed by atoms with Gasteiger partial charge in [0.2, 0.25) is 6.29 Å². The fourth-order valence-electron chi connectivity index (χ4n) is 3.15. The molecule has 2 aromatic carbocycles. The quantitative estimate of drug-likeness (QED) is 0.0739. The number of rotatable bonds is 15. The number of esters is 1. The number of carbonyl (C=O) groups is 1. The molecule has 8 nitrogen and oxygen atoms in total. The van der Waals surface area contributed by atoms with Gasteiger partial charge in [0.25, 0.3) is 6.21 Å². The van der Waals surface area contributed by atoms with Gasteiger partial charge in [0.05, 0.1) is 18.5 Å². The summed E-state index contributed by atoms with van der Waals surface area (Å²) in [6.45, 7) is 1.38. The summed E-state index contributed by atoms with van der Waals surface area (Å²) in [4.78, 5) is 14.5. The van der Waals surface area contributed by atoms with Crippen LogP contribution in [0.25, 0.3) is 5.53 Å². The van der Waals surface area contributed by atoms with Crippen LogP contribution in [0.1, 0.15) is 58.3 Å². The number of carbonyl (C=O) groups excluding carboxylic acids is 1. The lowest BCUT2D eigenvalue weighted by Gasteiger charge is -2.18. The van der Waals surface area contributed by atoms with E-state index in [0.29, 0.717) is 17.9 Å². The number of benzene rings is 2. The predicted molar refractivity (Wildman–Crippen MR) is 126 cm³/mol. The lowest BCUT2D eigenvalue weighted by molar-refractivity contribution is -0.161. The summed E-state index contributed by atoms with van der Waals surface area (Å²) in [5.74, 6) is 1.01. The number of nitrogens with zero attached hydrogens (tertiary/aromatic N) is 4. The molecule has 0 bridgehead atoms. The molecule has 0 heterocycles. The second-order valence-electron chi connectivity index (χ2n) is 7.55. The van der Waals surface area contributed by atoms with Gasteiger partial charge in [-0.15, -0.1) is 0 Å². The zero-order chi connectivity index (χ0) is 23.7. The highest BCUT2D eigenvalue weighted by molar-refractivity contribution is 5.66. The van der Waals surface area contributed by atoms with Crippen LogP contribution in [0.2, 0.25) is 0 Å². The Morgan fingerprint density at radius 3 is 2.00 bits per heavy atom. The van der Waals surface area contributed by atoms with Gasteiger partial charge in [-0.3, -0.25) is 4.79 Å². The van der Waals surface area contributed by atoms with E-state index < -0.39 is 6.29 Å². The number of hydrogen-bond acceptors (Lipinski definition) is 6. The molecule has 0 aliphatic carbocycles. The summed E-state index contributed by atoms with van der Waals surface area (Å²) >= 11 is 0. The number of ether oxygens (including phenoxy) is 3. The van der Waals surface area contributed by atoms with Crippen LogP contribution < -0.4 is 9.47 Å². The van der Waals surface area contributed by atoms with Crippen LogP contribution >= 0.6 is 0 Å². The second-order valence-corrected chi connectivity index (χ2v) is 7.55. The van der Waals surface area contributed by atoms with Crippen molar-refractivity contribution in [2.45, 2.75) is 64.6 Å². The fourth-order valence-corrected chi connectivity index (χ4v) is 3.15. The molecule has 0 amide bonds. The van der Waals surface area contributed by atoms with Crippen molar-refractivity contribution < 1.29 is 23.8 Å². The largest absolute Gasteiger partial charge is 0.497 e. The van der Waals surface area contributed by atoms with Gasteiger partial charge in [0.15, 0.2) is 0 Å². The molecular formula is C25H32N4O4. The van der Waals surface area contributed by atoms with Crippen LogP contribution in [-0.4, -0.2) is 30.4 Å². The molecule has 0 fully saturated rings. The summed E-state index contributed by atoms with van der Waals surface area (Å²) < 4.78 is 16.3. The predicted octanol–water partition coefficient (Wildman–Crippen LogP) is 6.80. The molecule has 0 spiro atoms.